The molecule has 0 fully saturated rings. The Morgan fingerprint density at radius 2 is 1.96 bits per heavy atom. The highest BCUT2D eigenvalue weighted by Gasteiger charge is 2.16. The van der Waals surface area contributed by atoms with Gasteiger partial charge in [-0.25, -0.2) is 0 Å². The zero-order chi connectivity index (χ0) is 17.1. The molecule has 5 heteroatoms. The van der Waals surface area contributed by atoms with Gasteiger partial charge in [0.25, 0.3) is 11.8 Å². The molecule has 2 amide bonds. The Labute approximate surface area is 141 Å². The van der Waals surface area contributed by atoms with E-state index in [0.717, 1.165) is 5.56 Å². The van der Waals surface area contributed by atoms with Gasteiger partial charge in [0.2, 0.25) is 0 Å². The van der Waals surface area contributed by atoms with Gasteiger partial charge in [-0.05, 0) is 41.3 Å². The molecule has 1 heterocycles. The first kappa shape index (κ1) is 16.1. The zero-order valence-corrected chi connectivity index (χ0v) is 13.8. The second-order valence-corrected chi connectivity index (χ2v) is 6.13. The molecule has 24 heavy (non-hydrogen) atoms. The summed E-state index contributed by atoms with van der Waals surface area (Å²) >= 11 is 0. The van der Waals surface area contributed by atoms with Crippen molar-refractivity contribution in [3.8, 4) is 5.75 Å². The molecule has 0 bridgehead atoms. The average molecular weight is 324 g/mol. The van der Waals surface area contributed by atoms with E-state index < -0.39 is 0 Å². The quantitative estimate of drug-likeness (QED) is 0.908. The maximum absolute atomic E-state index is 12.2. The fourth-order valence-electron chi connectivity index (χ4n) is 2.54. The number of benzene rings is 2. The number of ether oxygens (including phenoxy) is 1. The number of fused-ring (bicyclic) bond motifs is 1. The number of rotatable bonds is 4. The number of anilines is 1. The molecule has 0 saturated carbocycles. The number of hydrogen-bond acceptors (Lipinski definition) is 3. The van der Waals surface area contributed by atoms with Crippen LogP contribution in [0.25, 0.3) is 0 Å². The van der Waals surface area contributed by atoms with Gasteiger partial charge in [0.1, 0.15) is 5.75 Å². The Morgan fingerprint density at radius 3 is 2.67 bits per heavy atom. The molecular weight excluding hydrogens is 304 g/mol. The summed E-state index contributed by atoms with van der Waals surface area (Å²) in [5.41, 5.74) is 3.37. The maximum Gasteiger partial charge on any atom is 0.262 e. The largest absolute Gasteiger partial charge is 0.482 e. The number of carbonyl (C=O) groups excluding carboxylic acids is 2. The summed E-state index contributed by atoms with van der Waals surface area (Å²) in [6.45, 7) is 4.66. The smallest absolute Gasteiger partial charge is 0.262 e. The lowest BCUT2D eigenvalue weighted by Gasteiger charge is -2.18. The Hall–Kier alpha value is -2.82. The molecule has 1 aliphatic rings. The predicted octanol–water partition coefficient (Wildman–Crippen LogP) is 3.07. The van der Waals surface area contributed by atoms with Crippen LogP contribution in [0.15, 0.2) is 42.5 Å². The highest BCUT2D eigenvalue weighted by Crippen LogP contribution is 2.28. The zero-order valence-electron chi connectivity index (χ0n) is 13.8. The van der Waals surface area contributed by atoms with Crippen molar-refractivity contribution in [3.63, 3.8) is 0 Å². The van der Waals surface area contributed by atoms with E-state index in [9.17, 15) is 9.59 Å². The minimum Gasteiger partial charge on any atom is -0.482 e. The van der Waals surface area contributed by atoms with Gasteiger partial charge in [0, 0.05) is 12.1 Å². The first-order valence-corrected chi connectivity index (χ1v) is 7.96. The average Bonchev–Trinajstić information content (AvgIpc) is 2.59. The van der Waals surface area contributed by atoms with Crippen LogP contribution < -0.4 is 15.4 Å². The second kappa shape index (κ2) is 6.74. The van der Waals surface area contributed by atoms with E-state index in [4.69, 9.17) is 4.74 Å². The van der Waals surface area contributed by atoms with Crippen molar-refractivity contribution >= 4 is 17.5 Å². The molecule has 0 radical (unpaired) electrons. The third kappa shape index (κ3) is 3.56. The second-order valence-electron chi connectivity index (χ2n) is 6.13. The summed E-state index contributed by atoms with van der Waals surface area (Å²) in [5, 5.41) is 5.65. The van der Waals surface area contributed by atoms with E-state index in [-0.39, 0.29) is 18.4 Å². The molecule has 124 valence electrons. The molecule has 0 saturated heterocycles. The van der Waals surface area contributed by atoms with Crippen LogP contribution in [-0.2, 0) is 11.3 Å². The standard InChI is InChI=1S/C19H20N2O3/c1-12(2)14-4-6-15(7-5-14)19(23)20-10-13-3-8-17-16(9-13)21-18(22)11-24-17/h3-9,12H,10-11H2,1-2H3,(H,20,23)(H,21,22). The van der Waals surface area contributed by atoms with E-state index in [2.05, 4.69) is 24.5 Å². The molecule has 0 spiro atoms. The third-order valence-electron chi connectivity index (χ3n) is 3.97. The summed E-state index contributed by atoms with van der Waals surface area (Å²) in [6, 6.07) is 13.1. The monoisotopic (exact) mass is 324 g/mol. The molecule has 2 N–H and O–H groups in total. The molecule has 0 aromatic heterocycles. The lowest BCUT2D eigenvalue weighted by molar-refractivity contribution is -0.118. The van der Waals surface area contributed by atoms with E-state index in [1.807, 2.05) is 36.4 Å². The molecule has 0 aliphatic carbocycles. The molecule has 3 rings (SSSR count). The summed E-state index contributed by atoms with van der Waals surface area (Å²) < 4.78 is 5.32. The highest BCUT2D eigenvalue weighted by atomic mass is 16.5. The van der Waals surface area contributed by atoms with Crippen molar-refractivity contribution < 1.29 is 14.3 Å². The number of amides is 2. The number of carbonyl (C=O) groups is 2. The van der Waals surface area contributed by atoms with Crippen molar-refractivity contribution in [2.45, 2.75) is 26.3 Å². The maximum atomic E-state index is 12.2. The molecular formula is C19H20N2O3. The molecule has 0 atom stereocenters. The summed E-state index contributed by atoms with van der Waals surface area (Å²) in [6.07, 6.45) is 0. The lowest BCUT2D eigenvalue weighted by Crippen LogP contribution is -2.26. The Balaban J connectivity index is 1.64. The normalized spacial score (nSPS) is 13.0. The topological polar surface area (TPSA) is 67.4 Å². The van der Waals surface area contributed by atoms with E-state index >= 15 is 0 Å². The fourth-order valence-corrected chi connectivity index (χ4v) is 2.54. The Morgan fingerprint density at radius 1 is 1.21 bits per heavy atom. The molecule has 2 aromatic carbocycles. The van der Waals surface area contributed by atoms with Gasteiger partial charge < -0.3 is 15.4 Å². The van der Waals surface area contributed by atoms with E-state index in [0.29, 0.717) is 29.5 Å². The third-order valence-corrected chi connectivity index (χ3v) is 3.97. The van der Waals surface area contributed by atoms with E-state index in [1.165, 1.54) is 5.56 Å². The highest BCUT2D eigenvalue weighted by molar-refractivity contribution is 5.96. The summed E-state index contributed by atoms with van der Waals surface area (Å²) in [4.78, 5) is 23.6. The first-order chi connectivity index (χ1) is 11.5. The lowest BCUT2D eigenvalue weighted by atomic mass is 10.0. The summed E-state index contributed by atoms with van der Waals surface area (Å²) in [7, 11) is 0. The van der Waals surface area contributed by atoms with Crippen LogP contribution in [-0.4, -0.2) is 18.4 Å². The molecule has 0 unspecified atom stereocenters. The van der Waals surface area contributed by atoms with Crippen molar-refractivity contribution in [1.82, 2.24) is 5.32 Å². The van der Waals surface area contributed by atoms with Gasteiger partial charge in [-0.3, -0.25) is 9.59 Å². The van der Waals surface area contributed by atoms with Crippen molar-refractivity contribution in [2.24, 2.45) is 0 Å². The van der Waals surface area contributed by atoms with Crippen molar-refractivity contribution in [2.75, 3.05) is 11.9 Å². The SMILES string of the molecule is CC(C)c1ccc(C(=O)NCc2ccc3c(c2)NC(=O)CO3)cc1. The molecule has 5 nitrogen and oxygen atoms in total. The van der Waals surface area contributed by atoms with Gasteiger partial charge in [-0.15, -0.1) is 0 Å². The summed E-state index contributed by atoms with van der Waals surface area (Å²) in [5.74, 6) is 0.793. The fraction of sp³-hybridized carbons (Fsp3) is 0.263. The molecule has 1 aliphatic heterocycles. The van der Waals surface area contributed by atoms with Gasteiger partial charge in [0.15, 0.2) is 6.61 Å². The van der Waals surface area contributed by atoms with Crippen LogP contribution in [0.4, 0.5) is 5.69 Å². The molecule has 2 aromatic rings. The van der Waals surface area contributed by atoms with Crippen LogP contribution in [0, 0.1) is 0 Å². The number of hydrogen-bond donors (Lipinski definition) is 2. The van der Waals surface area contributed by atoms with Crippen LogP contribution in [0.5, 0.6) is 5.75 Å². The van der Waals surface area contributed by atoms with Crippen molar-refractivity contribution in [3.05, 3.63) is 59.2 Å². The minimum absolute atomic E-state index is 0.0372. The first-order valence-electron chi connectivity index (χ1n) is 7.96. The number of nitrogens with one attached hydrogen (secondary N) is 2. The Kier molecular flexibility index (Phi) is 4.51. The van der Waals surface area contributed by atoms with Crippen molar-refractivity contribution in [1.29, 1.82) is 0 Å². The van der Waals surface area contributed by atoms with Crippen LogP contribution >= 0.6 is 0 Å². The Bertz CT molecular complexity index is 767. The van der Waals surface area contributed by atoms with Gasteiger partial charge in [0.05, 0.1) is 5.69 Å². The van der Waals surface area contributed by atoms with Gasteiger partial charge in [-0.1, -0.05) is 32.0 Å². The van der Waals surface area contributed by atoms with Crippen LogP contribution in [0.1, 0.15) is 41.3 Å². The van der Waals surface area contributed by atoms with E-state index in [1.54, 1.807) is 6.07 Å². The van der Waals surface area contributed by atoms with Gasteiger partial charge in [-0.2, -0.15) is 0 Å². The predicted molar refractivity (Wildman–Crippen MR) is 92.3 cm³/mol. The van der Waals surface area contributed by atoms with Crippen LogP contribution in [0.3, 0.4) is 0 Å². The van der Waals surface area contributed by atoms with Crippen LogP contribution in [0.2, 0.25) is 0 Å². The minimum atomic E-state index is -0.172. The van der Waals surface area contributed by atoms with Gasteiger partial charge >= 0.3 is 0 Å².